The number of likely N-dealkylation sites (tertiary alicyclic amines) is 1. The lowest BCUT2D eigenvalue weighted by Gasteiger charge is -2.24. The van der Waals surface area contributed by atoms with Crippen LogP contribution in [0.4, 0.5) is 5.82 Å². The van der Waals surface area contributed by atoms with Crippen molar-refractivity contribution in [2.24, 2.45) is 0 Å². The van der Waals surface area contributed by atoms with Crippen molar-refractivity contribution in [1.82, 2.24) is 14.9 Å². The maximum absolute atomic E-state index is 6.18. The SMILES string of the molecule is Clc1cc(N2CCC(N3CCCC3)C2)nc(C2CC2)n1. The molecular weight excluding hydrogens is 272 g/mol. The predicted molar refractivity (Wildman–Crippen MR) is 80.4 cm³/mol. The van der Waals surface area contributed by atoms with Crippen LogP contribution in [0.25, 0.3) is 0 Å². The van der Waals surface area contributed by atoms with Gasteiger partial charge in [-0.2, -0.15) is 0 Å². The van der Waals surface area contributed by atoms with Crippen LogP contribution in [0.2, 0.25) is 5.15 Å². The number of nitrogens with zero attached hydrogens (tertiary/aromatic N) is 4. The number of anilines is 1. The summed E-state index contributed by atoms with van der Waals surface area (Å²) in [6.45, 7) is 4.74. The van der Waals surface area contributed by atoms with E-state index in [9.17, 15) is 0 Å². The Morgan fingerprint density at radius 1 is 1.05 bits per heavy atom. The largest absolute Gasteiger partial charge is 0.355 e. The highest BCUT2D eigenvalue weighted by Gasteiger charge is 2.32. The highest BCUT2D eigenvalue weighted by Crippen LogP contribution is 2.39. The normalized spacial score (nSPS) is 27.4. The molecule has 0 radical (unpaired) electrons. The first kappa shape index (κ1) is 12.8. The molecule has 1 unspecified atom stereocenters. The summed E-state index contributed by atoms with van der Waals surface area (Å²) in [6, 6.07) is 2.63. The first-order chi connectivity index (χ1) is 9.79. The average molecular weight is 293 g/mol. The zero-order valence-electron chi connectivity index (χ0n) is 11.8. The van der Waals surface area contributed by atoms with Crippen LogP contribution in [0.1, 0.15) is 43.8 Å². The smallest absolute Gasteiger partial charge is 0.135 e. The lowest BCUT2D eigenvalue weighted by atomic mass is 10.2. The van der Waals surface area contributed by atoms with E-state index in [0.717, 1.165) is 24.7 Å². The lowest BCUT2D eigenvalue weighted by Crippen LogP contribution is -2.35. The van der Waals surface area contributed by atoms with E-state index in [1.54, 1.807) is 0 Å². The third kappa shape index (κ3) is 2.51. The van der Waals surface area contributed by atoms with E-state index in [0.29, 0.717) is 17.1 Å². The Morgan fingerprint density at radius 2 is 1.85 bits per heavy atom. The Labute approximate surface area is 125 Å². The van der Waals surface area contributed by atoms with Crippen LogP contribution in [-0.4, -0.2) is 47.1 Å². The Bertz CT molecular complexity index is 497. The summed E-state index contributed by atoms with van der Waals surface area (Å²) in [7, 11) is 0. The first-order valence-corrected chi connectivity index (χ1v) is 8.21. The third-order valence-electron chi connectivity index (χ3n) is 4.79. The molecule has 1 atom stereocenters. The fraction of sp³-hybridized carbons (Fsp3) is 0.733. The van der Waals surface area contributed by atoms with Crippen LogP contribution >= 0.6 is 11.6 Å². The van der Waals surface area contributed by atoms with E-state index in [4.69, 9.17) is 16.6 Å². The highest BCUT2D eigenvalue weighted by molar-refractivity contribution is 6.29. The van der Waals surface area contributed by atoms with Gasteiger partial charge in [-0.1, -0.05) is 11.6 Å². The van der Waals surface area contributed by atoms with Crippen molar-refractivity contribution >= 4 is 17.4 Å². The zero-order valence-corrected chi connectivity index (χ0v) is 12.5. The molecule has 20 heavy (non-hydrogen) atoms. The number of rotatable bonds is 3. The van der Waals surface area contributed by atoms with Crippen LogP contribution in [0.15, 0.2) is 6.07 Å². The van der Waals surface area contributed by atoms with Gasteiger partial charge in [0.25, 0.3) is 0 Å². The van der Waals surface area contributed by atoms with Crippen LogP contribution in [0, 0.1) is 0 Å². The molecule has 0 bridgehead atoms. The molecule has 1 aromatic rings. The van der Waals surface area contributed by atoms with E-state index in [2.05, 4.69) is 14.8 Å². The molecule has 0 aromatic carbocycles. The van der Waals surface area contributed by atoms with E-state index in [1.165, 1.54) is 45.2 Å². The molecule has 1 aliphatic carbocycles. The van der Waals surface area contributed by atoms with Crippen molar-refractivity contribution in [3.05, 3.63) is 17.0 Å². The minimum atomic E-state index is 0.560. The molecular formula is C15H21ClN4. The summed E-state index contributed by atoms with van der Waals surface area (Å²) in [5, 5.41) is 0.599. The van der Waals surface area contributed by atoms with Crippen LogP contribution in [0.5, 0.6) is 0 Å². The van der Waals surface area contributed by atoms with Crippen molar-refractivity contribution in [3.63, 3.8) is 0 Å². The maximum Gasteiger partial charge on any atom is 0.135 e. The summed E-state index contributed by atoms with van der Waals surface area (Å²) >= 11 is 6.18. The maximum atomic E-state index is 6.18. The summed E-state index contributed by atoms with van der Waals surface area (Å²) in [5.74, 6) is 2.55. The molecule has 0 spiro atoms. The van der Waals surface area contributed by atoms with Crippen molar-refractivity contribution in [2.75, 3.05) is 31.1 Å². The number of aromatic nitrogens is 2. The molecule has 3 aliphatic rings. The van der Waals surface area contributed by atoms with Crippen molar-refractivity contribution in [1.29, 1.82) is 0 Å². The molecule has 0 amide bonds. The van der Waals surface area contributed by atoms with E-state index >= 15 is 0 Å². The Balaban J connectivity index is 1.50. The minimum absolute atomic E-state index is 0.560. The van der Waals surface area contributed by atoms with Crippen molar-refractivity contribution < 1.29 is 0 Å². The van der Waals surface area contributed by atoms with Gasteiger partial charge in [-0.25, -0.2) is 9.97 Å². The van der Waals surface area contributed by atoms with Gasteiger partial charge in [0.2, 0.25) is 0 Å². The average Bonchev–Trinajstić information content (AvgIpc) is 2.96. The van der Waals surface area contributed by atoms with Gasteiger partial charge in [0, 0.05) is 31.1 Å². The Hall–Kier alpha value is -0.870. The van der Waals surface area contributed by atoms with E-state index in [1.807, 2.05) is 6.07 Å². The fourth-order valence-electron chi connectivity index (χ4n) is 3.46. The molecule has 0 N–H and O–H groups in total. The van der Waals surface area contributed by atoms with Gasteiger partial charge in [0.1, 0.15) is 16.8 Å². The van der Waals surface area contributed by atoms with Crippen LogP contribution in [0.3, 0.4) is 0 Å². The second-order valence-corrected chi connectivity index (χ2v) is 6.70. The van der Waals surface area contributed by atoms with E-state index in [-0.39, 0.29) is 0 Å². The predicted octanol–water partition coefficient (Wildman–Crippen LogP) is 2.68. The molecule has 2 saturated heterocycles. The third-order valence-corrected chi connectivity index (χ3v) is 4.98. The summed E-state index contributed by atoms with van der Waals surface area (Å²) < 4.78 is 0. The number of hydrogen-bond donors (Lipinski definition) is 0. The highest BCUT2D eigenvalue weighted by atomic mass is 35.5. The molecule has 5 heteroatoms. The zero-order chi connectivity index (χ0) is 13.5. The van der Waals surface area contributed by atoms with Gasteiger partial charge < -0.3 is 4.90 Å². The topological polar surface area (TPSA) is 32.3 Å². The molecule has 2 aliphatic heterocycles. The van der Waals surface area contributed by atoms with Gasteiger partial charge in [-0.05, 0) is 45.2 Å². The van der Waals surface area contributed by atoms with Crippen molar-refractivity contribution in [3.8, 4) is 0 Å². The second kappa shape index (κ2) is 5.15. The van der Waals surface area contributed by atoms with E-state index < -0.39 is 0 Å². The van der Waals surface area contributed by atoms with Gasteiger partial charge in [-0.3, -0.25) is 4.90 Å². The fourth-order valence-corrected chi connectivity index (χ4v) is 3.65. The molecule has 1 aromatic heterocycles. The Morgan fingerprint density at radius 3 is 2.60 bits per heavy atom. The standard InChI is InChI=1S/C15H21ClN4/c16-13-9-14(18-15(17-13)11-3-4-11)20-8-5-12(10-20)19-6-1-2-7-19/h9,11-12H,1-8,10H2. The van der Waals surface area contributed by atoms with Crippen LogP contribution in [-0.2, 0) is 0 Å². The molecule has 3 fully saturated rings. The molecule has 4 nitrogen and oxygen atoms in total. The molecule has 3 heterocycles. The molecule has 1 saturated carbocycles. The summed E-state index contributed by atoms with van der Waals surface area (Å²) in [4.78, 5) is 14.2. The second-order valence-electron chi connectivity index (χ2n) is 6.31. The monoisotopic (exact) mass is 292 g/mol. The van der Waals surface area contributed by atoms with Gasteiger partial charge in [-0.15, -0.1) is 0 Å². The molecule has 4 rings (SSSR count). The summed E-state index contributed by atoms with van der Waals surface area (Å²) in [5.41, 5.74) is 0. The first-order valence-electron chi connectivity index (χ1n) is 7.83. The van der Waals surface area contributed by atoms with Crippen molar-refractivity contribution in [2.45, 2.75) is 44.1 Å². The van der Waals surface area contributed by atoms with Crippen LogP contribution < -0.4 is 4.90 Å². The minimum Gasteiger partial charge on any atom is -0.355 e. The summed E-state index contributed by atoms with van der Waals surface area (Å²) in [6.07, 6.45) is 6.41. The lowest BCUT2D eigenvalue weighted by molar-refractivity contribution is 0.260. The van der Waals surface area contributed by atoms with Gasteiger partial charge in [0.05, 0.1) is 0 Å². The van der Waals surface area contributed by atoms with Gasteiger partial charge in [0.15, 0.2) is 0 Å². The number of hydrogen-bond acceptors (Lipinski definition) is 4. The quantitative estimate of drug-likeness (QED) is 0.802. The Kier molecular flexibility index (Phi) is 3.31. The number of halogens is 1. The van der Waals surface area contributed by atoms with Gasteiger partial charge >= 0.3 is 0 Å². The molecule has 108 valence electrons.